The molecular weight excluding hydrogens is 282 g/mol. The highest BCUT2D eigenvalue weighted by Gasteiger charge is 2.32. The molecule has 132 valence electrons. The van der Waals surface area contributed by atoms with Gasteiger partial charge in [0.25, 0.3) is 0 Å². The van der Waals surface area contributed by atoms with Gasteiger partial charge in [-0.3, -0.25) is 9.69 Å². The standard InChI is InChI=1S/C21H37NO/c1-16-12-13-22(14-17(16)2)15-21(23)20-10-8-19(9-11-20)18-6-4-3-5-7-18/h16-20H,3-15H2,1-2H3. The van der Waals surface area contributed by atoms with Crippen LogP contribution in [0.2, 0.25) is 0 Å². The molecule has 0 aromatic heterocycles. The van der Waals surface area contributed by atoms with E-state index >= 15 is 0 Å². The van der Waals surface area contributed by atoms with Crippen LogP contribution < -0.4 is 0 Å². The Morgan fingerprint density at radius 2 is 1.48 bits per heavy atom. The van der Waals surface area contributed by atoms with Gasteiger partial charge in [-0.05, 0) is 62.3 Å². The van der Waals surface area contributed by atoms with Crippen LogP contribution in [0, 0.1) is 29.6 Å². The van der Waals surface area contributed by atoms with Crippen LogP contribution in [0.5, 0.6) is 0 Å². The van der Waals surface area contributed by atoms with Gasteiger partial charge in [-0.1, -0.05) is 46.0 Å². The maximum absolute atomic E-state index is 12.7. The van der Waals surface area contributed by atoms with E-state index in [2.05, 4.69) is 18.7 Å². The van der Waals surface area contributed by atoms with E-state index in [1.807, 2.05) is 0 Å². The van der Waals surface area contributed by atoms with Crippen LogP contribution in [0.1, 0.15) is 78.1 Å². The predicted octanol–water partition coefficient (Wildman–Crippen LogP) is 4.92. The number of carbonyl (C=O) groups excluding carboxylic acids is 1. The van der Waals surface area contributed by atoms with E-state index in [0.29, 0.717) is 11.7 Å². The van der Waals surface area contributed by atoms with E-state index in [-0.39, 0.29) is 0 Å². The van der Waals surface area contributed by atoms with Crippen molar-refractivity contribution in [2.75, 3.05) is 19.6 Å². The van der Waals surface area contributed by atoms with Gasteiger partial charge in [0, 0.05) is 12.5 Å². The largest absolute Gasteiger partial charge is 0.298 e. The second-order valence-electron chi connectivity index (χ2n) is 8.95. The minimum atomic E-state index is 0.379. The Morgan fingerprint density at radius 3 is 2.13 bits per heavy atom. The van der Waals surface area contributed by atoms with Crippen LogP contribution >= 0.6 is 0 Å². The summed E-state index contributed by atoms with van der Waals surface area (Å²) in [5.41, 5.74) is 0. The molecule has 0 radical (unpaired) electrons. The molecule has 0 N–H and O–H groups in total. The fourth-order valence-electron chi connectivity index (χ4n) is 5.36. The van der Waals surface area contributed by atoms with Gasteiger partial charge in [0.05, 0.1) is 6.54 Å². The molecule has 0 amide bonds. The zero-order chi connectivity index (χ0) is 16.2. The van der Waals surface area contributed by atoms with Gasteiger partial charge in [0.1, 0.15) is 5.78 Å². The molecule has 2 saturated carbocycles. The quantitative estimate of drug-likeness (QED) is 0.733. The molecule has 2 aliphatic carbocycles. The number of carbonyl (C=O) groups is 1. The number of piperidine rings is 1. The molecule has 0 aromatic carbocycles. The monoisotopic (exact) mass is 319 g/mol. The van der Waals surface area contributed by atoms with Gasteiger partial charge in [-0.2, -0.15) is 0 Å². The maximum Gasteiger partial charge on any atom is 0.149 e. The normalized spacial score (nSPS) is 37.7. The first kappa shape index (κ1) is 17.5. The molecule has 2 unspecified atom stereocenters. The lowest BCUT2D eigenvalue weighted by Crippen LogP contribution is -2.43. The number of rotatable bonds is 4. The van der Waals surface area contributed by atoms with Crippen molar-refractivity contribution in [1.82, 2.24) is 4.90 Å². The van der Waals surface area contributed by atoms with Crippen LogP contribution in [0.4, 0.5) is 0 Å². The fraction of sp³-hybridized carbons (Fsp3) is 0.952. The van der Waals surface area contributed by atoms with Crippen LogP contribution in [-0.2, 0) is 4.79 Å². The number of hydrogen-bond acceptors (Lipinski definition) is 2. The average molecular weight is 320 g/mol. The summed E-state index contributed by atoms with van der Waals surface area (Å²) >= 11 is 0. The van der Waals surface area contributed by atoms with E-state index in [1.54, 1.807) is 0 Å². The minimum Gasteiger partial charge on any atom is -0.298 e. The molecule has 3 fully saturated rings. The first-order valence-corrected chi connectivity index (χ1v) is 10.4. The summed E-state index contributed by atoms with van der Waals surface area (Å²) in [5.74, 6) is 4.43. The van der Waals surface area contributed by atoms with Crippen molar-refractivity contribution in [3.63, 3.8) is 0 Å². The second-order valence-corrected chi connectivity index (χ2v) is 8.95. The van der Waals surface area contributed by atoms with Gasteiger partial charge >= 0.3 is 0 Å². The highest BCUT2D eigenvalue weighted by Crippen LogP contribution is 2.40. The Balaban J connectivity index is 1.41. The summed E-state index contributed by atoms with van der Waals surface area (Å²) in [7, 11) is 0. The van der Waals surface area contributed by atoms with Crippen LogP contribution in [-0.4, -0.2) is 30.3 Å². The van der Waals surface area contributed by atoms with Crippen molar-refractivity contribution in [3.8, 4) is 0 Å². The van der Waals surface area contributed by atoms with E-state index in [0.717, 1.165) is 43.3 Å². The molecule has 2 atom stereocenters. The van der Waals surface area contributed by atoms with Gasteiger partial charge in [0.15, 0.2) is 0 Å². The molecule has 23 heavy (non-hydrogen) atoms. The van der Waals surface area contributed by atoms with Crippen molar-refractivity contribution < 1.29 is 4.79 Å². The molecular formula is C21H37NO. The first-order valence-electron chi connectivity index (χ1n) is 10.4. The van der Waals surface area contributed by atoms with E-state index in [1.165, 1.54) is 64.2 Å². The molecule has 3 aliphatic rings. The number of Topliss-reactive ketones (excluding diaryl/α,β-unsaturated/α-hetero) is 1. The van der Waals surface area contributed by atoms with E-state index in [4.69, 9.17) is 0 Å². The van der Waals surface area contributed by atoms with Crippen LogP contribution in [0.15, 0.2) is 0 Å². The summed E-state index contributed by atoms with van der Waals surface area (Å²) in [6, 6.07) is 0. The van der Waals surface area contributed by atoms with Gasteiger partial charge in [-0.25, -0.2) is 0 Å². The molecule has 0 bridgehead atoms. The summed E-state index contributed by atoms with van der Waals surface area (Å²) in [6.07, 6.45) is 13.6. The smallest absolute Gasteiger partial charge is 0.149 e. The highest BCUT2D eigenvalue weighted by atomic mass is 16.1. The SMILES string of the molecule is CC1CCN(CC(=O)C2CCC(C3CCCCC3)CC2)CC1C. The van der Waals surface area contributed by atoms with Crippen LogP contribution in [0.25, 0.3) is 0 Å². The Labute approximate surface area is 143 Å². The first-order chi connectivity index (χ1) is 11.1. The molecule has 1 aliphatic heterocycles. The second kappa shape index (κ2) is 8.14. The molecule has 2 nitrogen and oxygen atoms in total. The third-order valence-corrected chi connectivity index (χ3v) is 7.34. The Morgan fingerprint density at radius 1 is 0.826 bits per heavy atom. The van der Waals surface area contributed by atoms with Crippen LogP contribution in [0.3, 0.4) is 0 Å². The van der Waals surface area contributed by atoms with E-state index < -0.39 is 0 Å². The summed E-state index contributed by atoms with van der Waals surface area (Å²) in [5, 5.41) is 0. The Bertz CT molecular complexity index is 379. The highest BCUT2D eigenvalue weighted by molar-refractivity contribution is 5.83. The summed E-state index contributed by atoms with van der Waals surface area (Å²) < 4.78 is 0. The minimum absolute atomic E-state index is 0.379. The lowest BCUT2D eigenvalue weighted by atomic mass is 9.70. The molecule has 0 aromatic rings. The topological polar surface area (TPSA) is 20.3 Å². The van der Waals surface area contributed by atoms with Gasteiger partial charge < -0.3 is 0 Å². The predicted molar refractivity (Wildman–Crippen MR) is 96.4 cm³/mol. The summed E-state index contributed by atoms with van der Waals surface area (Å²) in [6.45, 7) is 7.70. The third-order valence-electron chi connectivity index (χ3n) is 7.34. The molecule has 3 rings (SSSR count). The zero-order valence-electron chi connectivity index (χ0n) is 15.4. The molecule has 1 heterocycles. The molecule has 1 saturated heterocycles. The summed E-state index contributed by atoms with van der Waals surface area (Å²) in [4.78, 5) is 15.1. The van der Waals surface area contributed by atoms with Gasteiger partial charge in [-0.15, -0.1) is 0 Å². The van der Waals surface area contributed by atoms with Gasteiger partial charge in [0.2, 0.25) is 0 Å². The average Bonchev–Trinajstić information content (AvgIpc) is 2.59. The van der Waals surface area contributed by atoms with Crippen molar-refractivity contribution in [1.29, 1.82) is 0 Å². The zero-order valence-corrected chi connectivity index (χ0v) is 15.4. The Hall–Kier alpha value is -0.370. The Kier molecular flexibility index (Phi) is 6.18. The fourth-order valence-corrected chi connectivity index (χ4v) is 5.36. The number of nitrogens with zero attached hydrogens (tertiary/aromatic N) is 1. The molecule has 2 heteroatoms. The van der Waals surface area contributed by atoms with Crippen molar-refractivity contribution >= 4 is 5.78 Å². The third kappa shape index (κ3) is 4.59. The number of ketones is 1. The van der Waals surface area contributed by atoms with Crippen molar-refractivity contribution in [2.45, 2.75) is 78.1 Å². The number of hydrogen-bond donors (Lipinski definition) is 0. The number of likely N-dealkylation sites (tertiary alicyclic amines) is 1. The van der Waals surface area contributed by atoms with Crippen molar-refractivity contribution in [2.24, 2.45) is 29.6 Å². The van der Waals surface area contributed by atoms with Crippen molar-refractivity contribution in [3.05, 3.63) is 0 Å². The lowest BCUT2D eigenvalue weighted by Gasteiger charge is -2.37. The maximum atomic E-state index is 12.7. The lowest BCUT2D eigenvalue weighted by molar-refractivity contribution is -0.126. The molecule has 0 spiro atoms. The van der Waals surface area contributed by atoms with E-state index in [9.17, 15) is 4.79 Å².